The third-order valence-corrected chi connectivity index (χ3v) is 2.07. The van der Waals surface area contributed by atoms with Gasteiger partial charge in [-0.05, 0) is 6.42 Å². The van der Waals surface area contributed by atoms with E-state index in [1.165, 1.54) is 0 Å². The topological polar surface area (TPSA) is 124 Å². The van der Waals surface area contributed by atoms with Gasteiger partial charge in [0.25, 0.3) is 0 Å². The zero-order valence-electron chi connectivity index (χ0n) is 9.57. The number of ketones is 1. The fraction of sp³-hybridized carbons (Fsp3) is 0.800. The van der Waals surface area contributed by atoms with E-state index in [0.29, 0.717) is 6.42 Å². The number of hydrogen-bond donors (Lipinski definition) is 4. The van der Waals surface area contributed by atoms with E-state index in [2.05, 4.69) is 4.74 Å². The van der Waals surface area contributed by atoms with Gasteiger partial charge in [-0.1, -0.05) is 6.92 Å². The molecule has 0 amide bonds. The molecule has 0 aromatic rings. The molecule has 0 fully saturated rings. The van der Waals surface area contributed by atoms with E-state index in [0.717, 1.165) is 0 Å². The molecule has 0 aromatic carbocycles. The Bertz CT molecular complexity index is 253. The molecule has 100 valence electrons. The fourth-order valence-electron chi connectivity index (χ4n) is 1.05. The molecule has 0 saturated carbocycles. The van der Waals surface area contributed by atoms with Gasteiger partial charge in [0.1, 0.15) is 31.5 Å². The van der Waals surface area contributed by atoms with Crippen LogP contribution in [-0.4, -0.2) is 63.7 Å². The van der Waals surface area contributed by atoms with Gasteiger partial charge >= 0.3 is 5.97 Å². The lowest BCUT2D eigenvalue weighted by molar-refractivity contribution is -0.154. The Kier molecular flexibility index (Phi) is 7.64. The van der Waals surface area contributed by atoms with Crippen molar-refractivity contribution in [3.8, 4) is 0 Å². The highest BCUT2D eigenvalue weighted by Gasteiger charge is 2.30. The molecule has 3 atom stereocenters. The summed E-state index contributed by atoms with van der Waals surface area (Å²) >= 11 is 0. The third-order valence-electron chi connectivity index (χ3n) is 2.07. The van der Waals surface area contributed by atoms with Crippen molar-refractivity contribution in [1.29, 1.82) is 0 Å². The van der Waals surface area contributed by atoms with Crippen molar-refractivity contribution < 1.29 is 34.8 Å². The first-order valence-corrected chi connectivity index (χ1v) is 5.27. The van der Waals surface area contributed by atoms with Crippen molar-refractivity contribution in [3.63, 3.8) is 0 Å². The number of aliphatic hydroxyl groups excluding tert-OH is 4. The summed E-state index contributed by atoms with van der Waals surface area (Å²) in [6.07, 6.45) is -4.52. The number of hydrogen-bond acceptors (Lipinski definition) is 7. The van der Waals surface area contributed by atoms with Crippen molar-refractivity contribution in [3.05, 3.63) is 0 Å². The Morgan fingerprint density at radius 2 is 1.82 bits per heavy atom. The second-order valence-electron chi connectivity index (χ2n) is 3.56. The van der Waals surface area contributed by atoms with Gasteiger partial charge in [-0.3, -0.25) is 9.59 Å². The van der Waals surface area contributed by atoms with Gasteiger partial charge in [-0.25, -0.2) is 0 Å². The zero-order chi connectivity index (χ0) is 13.4. The lowest BCUT2D eigenvalue weighted by atomic mass is 10.1. The minimum atomic E-state index is -1.90. The summed E-state index contributed by atoms with van der Waals surface area (Å²) in [7, 11) is 0. The number of ether oxygens (including phenoxy) is 1. The molecule has 0 aliphatic rings. The zero-order valence-corrected chi connectivity index (χ0v) is 9.57. The molecule has 7 heteroatoms. The molecule has 0 saturated heterocycles. The van der Waals surface area contributed by atoms with Gasteiger partial charge in [0, 0.05) is 6.42 Å². The van der Waals surface area contributed by atoms with E-state index in [-0.39, 0.29) is 6.42 Å². The molecule has 0 radical (unpaired) electrons. The minimum absolute atomic E-state index is 0.181. The van der Waals surface area contributed by atoms with Crippen LogP contribution in [0.5, 0.6) is 0 Å². The van der Waals surface area contributed by atoms with Crippen LogP contribution in [0.25, 0.3) is 0 Å². The summed E-state index contributed by atoms with van der Waals surface area (Å²) < 4.78 is 4.60. The SMILES string of the molecule is CCCC(=O)OC[C@@H](O)[C@@H](O)[C@H](O)C(=O)CO. The van der Waals surface area contributed by atoms with Gasteiger partial charge < -0.3 is 25.2 Å². The molecule has 4 N–H and O–H groups in total. The molecule has 0 heterocycles. The second-order valence-corrected chi connectivity index (χ2v) is 3.56. The summed E-state index contributed by atoms with van der Waals surface area (Å²) in [4.78, 5) is 21.8. The largest absolute Gasteiger partial charge is 0.463 e. The maximum absolute atomic E-state index is 10.9. The maximum Gasteiger partial charge on any atom is 0.305 e. The van der Waals surface area contributed by atoms with Crippen LogP contribution >= 0.6 is 0 Å². The first-order valence-electron chi connectivity index (χ1n) is 5.27. The van der Waals surface area contributed by atoms with E-state index in [4.69, 9.17) is 10.2 Å². The highest BCUT2D eigenvalue weighted by atomic mass is 16.5. The van der Waals surface area contributed by atoms with Crippen LogP contribution < -0.4 is 0 Å². The molecular weight excluding hydrogens is 232 g/mol. The van der Waals surface area contributed by atoms with Gasteiger partial charge in [0.2, 0.25) is 0 Å². The Hall–Kier alpha value is -1.02. The van der Waals surface area contributed by atoms with E-state index >= 15 is 0 Å². The lowest BCUT2D eigenvalue weighted by Crippen LogP contribution is -2.45. The Labute approximate surface area is 98.6 Å². The average molecular weight is 250 g/mol. The number of aliphatic hydroxyl groups is 4. The normalized spacial score (nSPS) is 16.1. The van der Waals surface area contributed by atoms with Crippen molar-refractivity contribution in [2.75, 3.05) is 13.2 Å². The molecule has 0 spiro atoms. The van der Waals surface area contributed by atoms with Crippen molar-refractivity contribution in [2.45, 2.75) is 38.1 Å². The molecular formula is C10H18O7. The molecule has 0 unspecified atom stereocenters. The quantitative estimate of drug-likeness (QED) is 0.366. The van der Waals surface area contributed by atoms with Crippen LogP contribution in [0.15, 0.2) is 0 Å². The van der Waals surface area contributed by atoms with Crippen LogP contribution in [0.1, 0.15) is 19.8 Å². The van der Waals surface area contributed by atoms with Gasteiger partial charge in [0.15, 0.2) is 5.78 Å². The van der Waals surface area contributed by atoms with Crippen molar-refractivity contribution in [1.82, 2.24) is 0 Å². The summed E-state index contributed by atoms with van der Waals surface area (Å²) in [6.45, 7) is 0.312. The number of esters is 1. The van der Waals surface area contributed by atoms with Gasteiger partial charge in [0.05, 0.1) is 0 Å². The molecule has 0 aliphatic heterocycles. The molecule has 0 rings (SSSR count). The van der Waals surface area contributed by atoms with Crippen LogP contribution in [0, 0.1) is 0 Å². The summed E-state index contributed by atoms with van der Waals surface area (Å²) in [5, 5.41) is 36.2. The predicted octanol–water partition coefficient (Wildman–Crippen LogP) is -2.03. The number of carbonyl (C=O) groups excluding carboxylic acids is 2. The summed E-state index contributed by atoms with van der Waals surface area (Å²) in [5.74, 6) is -1.56. The van der Waals surface area contributed by atoms with Crippen LogP contribution in [0.4, 0.5) is 0 Å². The van der Waals surface area contributed by atoms with Gasteiger partial charge in [-0.15, -0.1) is 0 Å². The molecule has 17 heavy (non-hydrogen) atoms. The third kappa shape index (κ3) is 5.73. The average Bonchev–Trinajstić information content (AvgIpc) is 2.33. The molecule has 0 bridgehead atoms. The number of rotatable bonds is 8. The first-order chi connectivity index (χ1) is 7.93. The standard InChI is InChI=1S/C10H18O7/c1-2-3-8(14)17-5-7(13)10(16)9(15)6(12)4-11/h7,9-11,13,15-16H,2-5H2,1H3/t7-,9-,10-/m1/s1. The van der Waals surface area contributed by atoms with E-state index in [1.54, 1.807) is 6.92 Å². The van der Waals surface area contributed by atoms with E-state index in [1.807, 2.05) is 0 Å². The van der Waals surface area contributed by atoms with Gasteiger partial charge in [-0.2, -0.15) is 0 Å². The summed E-state index contributed by atoms with van der Waals surface area (Å²) in [5.41, 5.74) is 0. The highest BCUT2D eigenvalue weighted by Crippen LogP contribution is 2.03. The van der Waals surface area contributed by atoms with Crippen LogP contribution in [-0.2, 0) is 14.3 Å². The predicted molar refractivity (Wildman–Crippen MR) is 56.0 cm³/mol. The lowest BCUT2D eigenvalue weighted by Gasteiger charge is -2.21. The summed E-state index contributed by atoms with van der Waals surface area (Å²) in [6, 6.07) is 0. The van der Waals surface area contributed by atoms with Crippen molar-refractivity contribution in [2.24, 2.45) is 0 Å². The Morgan fingerprint density at radius 3 is 2.29 bits per heavy atom. The first kappa shape index (κ1) is 16.0. The second kappa shape index (κ2) is 8.13. The smallest absolute Gasteiger partial charge is 0.305 e. The maximum atomic E-state index is 10.9. The molecule has 0 aromatic heterocycles. The molecule has 0 aliphatic carbocycles. The molecule has 7 nitrogen and oxygen atoms in total. The Morgan fingerprint density at radius 1 is 1.24 bits per heavy atom. The van der Waals surface area contributed by atoms with Crippen molar-refractivity contribution >= 4 is 11.8 Å². The number of carbonyl (C=O) groups is 2. The minimum Gasteiger partial charge on any atom is -0.463 e. The van der Waals surface area contributed by atoms with E-state index in [9.17, 15) is 19.8 Å². The van der Waals surface area contributed by atoms with Crippen LogP contribution in [0.2, 0.25) is 0 Å². The number of Topliss-reactive ketones (excluding diaryl/α,β-unsaturated/α-hetero) is 1. The van der Waals surface area contributed by atoms with Crippen LogP contribution in [0.3, 0.4) is 0 Å². The highest BCUT2D eigenvalue weighted by molar-refractivity contribution is 5.84. The fourth-order valence-corrected chi connectivity index (χ4v) is 1.05. The van der Waals surface area contributed by atoms with E-state index < -0.39 is 43.3 Å². The Balaban J connectivity index is 4.09. The monoisotopic (exact) mass is 250 g/mol.